The number of nitro groups is 1. The molecule has 7 nitrogen and oxygen atoms in total. The molecule has 0 saturated carbocycles. The molecule has 0 aliphatic heterocycles. The molecule has 0 radical (unpaired) electrons. The van der Waals surface area contributed by atoms with Crippen molar-refractivity contribution in [1.29, 1.82) is 0 Å². The molecule has 0 aliphatic rings. The van der Waals surface area contributed by atoms with Crippen molar-refractivity contribution in [3.05, 3.63) is 94.6 Å². The maximum Gasteiger partial charge on any atom is 0.270 e. The first kappa shape index (κ1) is 17.7. The lowest BCUT2D eigenvalue weighted by Gasteiger charge is -2.19. The number of fused-ring (bicyclic) bond motifs is 1. The zero-order valence-corrected chi connectivity index (χ0v) is 15.4. The number of anilines is 1. The fraction of sp³-hybridized carbons (Fsp3) is 0.143. The molecule has 28 heavy (non-hydrogen) atoms. The molecule has 7 heteroatoms. The van der Waals surface area contributed by atoms with Gasteiger partial charge < -0.3 is 9.47 Å². The Bertz CT molecular complexity index is 1120. The van der Waals surface area contributed by atoms with Crippen LogP contribution in [0.1, 0.15) is 11.4 Å². The van der Waals surface area contributed by atoms with Gasteiger partial charge in [0.15, 0.2) is 0 Å². The predicted octanol–water partition coefficient (Wildman–Crippen LogP) is 4.02. The van der Waals surface area contributed by atoms with Gasteiger partial charge in [0, 0.05) is 43.5 Å². The molecule has 0 bridgehead atoms. The molecule has 0 aliphatic carbocycles. The quantitative estimate of drug-likeness (QED) is 0.377. The molecule has 0 unspecified atom stereocenters. The summed E-state index contributed by atoms with van der Waals surface area (Å²) in [4.78, 5) is 21.7. The third kappa shape index (κ3) is 3.68. The van der Waals surface area contributed by atoms with E-state index < -0.39 is 4.92 Å². The van der Waals surface area contributed by atoms with Crippen LogP contribution in [0.25, 0.3) is 10.9 Å². The molecule has 4 aromatic rings. The summed E-state index contributed by atoms with van der Waals surface area (Å²) in [5, 5.41) is 11.7. The smallest absolute Gasteiger partial charge is 0.270 e. The Kier molecular flexibility index (Phi) is 4.72. The average molecular weight is 373 g/mol. The molecular weight excluding hydrogens is 354 g/mol. The Morgan fingerprint density at radius 1 is 1.11 bits per heavy atom. The number of hydrogen-bond acceptors (Lipinski definition) is 5. The van der Waals surface area contributed by atoms with E-state index in [2.05, 4.69) is 26.7 Å². The number of nitrogens with zero attached hydrogens (tertiary/aromatic N) is 5. The third-order valence-corrected chi connectivity index (χ3v) is 4.64. The molecule has 0 fully saturated rings. The van der Waals surface area contributed by atoms with Gasteiger partial charge in [0.2, 0.25) is 0 Å². The van der Waals surface area contributed by atoms with Gasteiger partial charge in [-0.15, -0.1) is 0 Å². The molecular formula is C21H19N5O2. The van der Waals surface area contributed by atoms with Crippen molar-refractivity contribution in [2.75, 3.05) is 11.9 Å². The minimum Gasteiger partial charge on any atom is -0.352 e. The van der Waals surface area contributed by atoms with Crippen molar-refractivity contribution in [3.63, 3.8) is 0 Å². The molecule has 0 N–H and O–H groups in total. The second-order valence-electron chi connectivity index (χ2n) is 6.62. The van der Waals surface area contributed by atoms with E-state index in [1.54, 1.807) is 18.3 Å². The first-order valence-electron chi connectivity index (χ1n) is 8.90. The molecule has 0 amide bonds. The maximum atomic E-state index is 10.9. The second kappa shape index (κ2) is 7.48. The number of non-ortho nitro benzene ring substituents is 1. The van der Waals surface area contributed by atoms with Crippen molar-refractivity contribution >= 4 is 22.4 Å². The molecule has 0 saturated heterocycles. The van der Waals surface area contributed by atoms with E-state index in [1.165, 1.54) is 11.6 Å². The summed E-state index contributed by atoms with van der Waals surface area (Å²) in [6.07, 6.45) is 3.78. The molecule has 2 aromatic heterocycles. The summed E-state index contributed by atoms with van der Waals surface area (Å²) < 4.78 is 2.12. The molecule has 140 valence electrons. The van der Waals surface area contributed by atoms with Gasteiger partial charge in [0.1, 0.15) is 11.6 Å². The largest absolute Gasteiger partial charge is 0.352 e. The Morgan fingerprint density at radius 2 is 1.93 bits per heavy atom. The van der Waals surface area contributed by atoms with Crippen LogP contribution in [-0.2, 0) is 13.1 Å². The van der Waals surface area contributed by atoms with Crippen molar-refractivity contribution in [3.8, 4) is 0 Å². The van der Waals surface area contributed by atoms with Crippen molar-refractivity contribution in [1.82, 2.24) is 14.5 Å². The van der Waals surface area contributed by atoms with Gasteiger partial charge in [-0.05, 0) is 23.8 Å². The normalized spacial score (nSPS) is 10.9. The van der Waals surface area contributed by atoms with E-state index in [1.807, 2.05) is 48.5 Å². The Hall–Kier alpha value is -3.74. The monoisotopic (exact) mass is 373 g/mol. The number of rotatable bonds is 6. The van der Waals surface area contributed by atoms with E-state index in [9.17, 15) is 10.1 Å². The van der Waals surface area contributed by atoms with E-state index >= 15 is 0 Å². The second-order valence-corrected chi connectivity index (χ2v) is 6.62. The van der Waals surface area contributed by atoms with Gasteiger partial charge in [0.05, 0.1) is 17.0 Å². The summed E-state index contributed by atoms with van der Waals surface area (Å²) in [5.41, 5.74) is 2.01. The minimum atomic E-state index is -0.397. The van der Waals surface area contributed by atoms with E-state index in [4.69, 9.17) is 0 Å². The lowest BCUT2D eigenvalue weighted by Crippen LogP contribution is -2.20. The van der Waals surface area contributed by atoms with Crippen LogP contribution in [0.3, 0.4) is 0 Å². The lowest BCUT2D eigenvalue weighted by atomic mass is 10.2. The van der Waals surface area contributed by atoms with Crippen LogP contribution in [0.15, 0.2) is 73.1 Å². The number of benzene rings is 2. The summed E-state index contributed by atoms with van der Waals surface area (Å²) >= 11 is 0. The van der Waals surface area contributed by atoms with Crippen molar-refractivity contribution < 1.29 is 4.92 Å². The Morgan fingerprint density at radius 3 is 2.71 bits per heavy atom. The van der Waals surface area contributed by atoms with Crippen LogP contribution in [0.2, 0.25) is 0 Å². The first-order valence-corrected chi connectivity index (χ1v) is 8.90. The van der Waals surface area contributed by atoms with Crippen LogP contribution < -0.4 is 4.90 Å². The highest BCUT2D eigenvalue weighted by atomic mass is 16.6. The first-order chi connectivity index (χ1) is 13.6. The van der Waals surface area contributed by atoms with Crippen LogP contribution >= 0.6 is 0 Å². The molecule has 0 atom stereocenters. The zero-order valence-electron chi connectivity index (χ0n) is 15.4. The summed E-state index contributed by atoms with van der Waals surface area (Å²) in [7, 11) is 1.96. The van der Waals surface area contributed by atoms with E-state index in [0.717, 1.165) is 29.1 Å². The van der Waals surface area contributed by atoms with Crippen LogP contribution in [0.4, 0.5) is 11.5 Å². The van der Waals surface area contributed by atoms with Gasteiger partial charge in [-0.2, -0.15) is 0 Å². The standard InChI is InChI=1S/C21H19N5O2/c1-24(15-21-22-11-12-25(21)14-16-5-3-2-4-6-16)20-10-7-17-13-18(26(27)28)8-9-19(17)23-20/h2-13H,14-15H2,1H3. The number of pyridine rings is 1. The van der Waals surface area contributed by atoms with Gasteiger partial charge >= 0.3 is 0 Å². The maximum absolute atomic E-state index is 10.9. The van der Waals surface area contributed by atoms with E-state index in [0.29, 0.717) is 6.54 Å². The van der Waals surface area contributed by atoms with Crippen LogP contribution in [0.5, 0.6) is 0 Å². The number of hydrogen-bond donors (Lipinski definition) is 0. The van der Waals surface area contributed by atoms with E-state index in [-0.39, 0.29) is 5.69 Å². The zero-order chi connectivity index (χ0) is 19.5. The highest BCUT2D eigenvalue weighted by Gasteiger charge is 2.11. The summed E-state index contributed by atoms with van der Waals surface area (Å²) in [6.45, 7) is 1.37. The molecule has 2 aromatic carbocycles. The number of imidazole rings is 1. The van der Waals surface area contributed by atoms with Crippen LogP contribution in [-0.4, -0.2) is 26.5 Å². The van der Waals surface area contributed by atoms with Gasteiger partial charge in [0.25, 0.3) is 5.69 Å². The topological polar surface area (TPSA) is 77.1 Å². The highest BCUT2D eigenvalue weighted by molar-refractivity contribution is 5.82. The fourth-order valence-corrected chi connectivity index (χ4v) is 3.14. The van der Waals surface area contributed by atoms with Gasteiger partial charge in [-0.3, -0.25) is 10.1 Å². The van der Waals surface area contributed by atoms with Crippen molar-refractivity contribution in [2.24, 2.45) is 0 Å². The lowest BCUT2D eigenvalue weighted by molar-refractivity contribution is -0.384. The Labute approximate surface area is 162 Å². The predicted molar refractivity (Wildman–Crippen MR) is 108 cm³/mol. The fourth-order valence-electron chi connectivity index (χ4n) is 3.14. The minimum absolute atomic E-state index is 0.0679. The molecule has 2 heterocycles. The summed E-state index contributed by atoms with van der Waals surface area (Å²) in [5.74, 6) is 1.73. The average Bonchev–Trinajstić information content (AvgIpc) is 3.14. The number of aromatic nitrogens is 3. The highest BCUT2D eigenvalue weighted by Crippen LogP contribution is 2.23. The Balaban J connectivity index is 1.54. The SMILES string of the molecule is CN(Cc1nccn1Cc1ccccc1)c1ccc2cc([N+](=O)[O-])ccc2n1. The third-order valence-electron chi connectivity index (χ3n) is 4.64. The van der Waals surface area contributed by atoms with Crippen LogP contribution in [0, 0.1) is 10.1 Å². The number of nitro benzene ring substituents is 1. The van der Waals surface area contributed by atoms with Gasteiger partial charge in [-0.25, -0.2) is 9.97 Å². The van der Waals surface area contributed by atoms with Crippen molar-refractivity contribution in [2.45, 2.75) is 13.1 Å². The molecule has 0 spiro atoms. The summed E-state index contributed by atoms with van der Waals surface area (Å²) in [6, 6.07) is 18.7. The molecule has 4 rings (SSSR count). The van der Waals surface area contributed by atoms with Gasteiger partial charge in [-0.1, -0.05) is 30.3 Å².